The standard InChI is InChI=1S/C23H20FN3O5/c1-30-17-10-9-14(24)11-16(17)27-20(23(29)32-3)19(22(28)31-2)18(15(12-25)21(27)26)13-7-5-4-6-8-13/h4-11,18H,26H2,1-3H3. The van der Waals surface area contributed by atoms with Crippen LogP contribution in [0.15, 0.2) is 71.2 Å². The summed E-state index contributed by atoms with van der Waals surface area (Å²) in [7, 11) is 3.62. The van der Waals surface area contributed by atoms with Crippen LogP contribution in [0.2, 0.25) is 0 Å². The van der Waals surface area contributed by atoms with Gasteiger partial charge in [-0.1, -0.05) is 30.3 Å². The predicted octanol–water partition coefficient (Wildman–Crippen LogP) is 2.73. The number of ether oxygens (including phenoxy) is 3. The third-order valence-electron chi connectivity index (χ3n) is 4.99. The molecule has 9 heteroatoms. The van der Waals surface area contributed by atoms with Crippen LogP contribution in [0.4, 0.5) is 10.1 Å². The molecule has 1 unspecified atom stereocenters. The van der Waals surface area contributed by atoms with Crippen molar-refractivity contribution in [1.82, 2.24) is 0 Å². The van der Waals surface area contributed by atoms with E-state index in [9.17, 15) is 19.2 Å². The number of benzene rings is 2. The van der Waals surface area contributed by atoms with Gasteiger partial charge in [-0.25, -0.2) is 14.0 Å². The maximum atomic E-state index is 14.2. The second-order valence-electron chi connectivity index (χ2n) is 6.65. The Balaban J connectivity index is 2.46. The van der Waals surface area contributed by atoms with Crippen molar-refractivity contribution in [2.24, 2.45) is 5.73 Å². The van der Waals surface area contributed by atoms with E-state index in [4.69, 9.17) is 19.9 Å². The van der Waals surface area contributed by atoms with Crippen LogP contribution in [0.1, 0.15) is 11.5 Å². The molecule has 2 aromatic rings. The molecule has 1 atom stereocenters. The number of methoxy groups -OCH3 is 3. The van der Waals surface area contributed by atoms with Crippen LogP contribution in [0.25, 0.3) is 0 Å². The monoisotopic (exact) mass is 437 g/mol. The lowest BCUT2D eigenvalue weighted by molar-refractivity contribution is -0.139. The van der Waals surface area contributed by atoms with Crippen LogP contribution in [0.3, 0.4) is 0 Å². The zero-order valence-electron chi connectivity index (χ0n) is 17.6. The van der Waals surface area contributed by atoms with Gasteiger partial charge in [-0.05, 0) is 17.7 Å². The van der Waals surface area contributed by atoms with Crippen LogP contribution in [0, 0.1) is 17.1 Å². The van der Waals surface area contributed by atoms with E-state index < -0.39 is 23.7 Å². The maximum Gasteiger partial charge on any atom is 0.355 e. The van der Waals surface area contributed by atoms with Gasteiger partial charge in [0.25, 0.3) is 0 Å². The number of halogens is 1. The molecule has 0 fully saturated rings. The number of nitrogens with two attached hydrogens (primary N) is 1. The Morgan fingerprint density at radius 1 is 1.06 bits per heavy atom. The molecule has 0 bridgehead atoms. The van der Waals surface area contributed by atoms with Gasteiger partial charge in [-0.15, -0.1) is 0 Å². The number of hydrogen-bond donors (Lipinski definition) is 1. The molecular formula is C23H20FN3O5. The molecule has 32 heavy (non-hydrogen) atoms. The van der Waals surface area contributed by atoms with E-state index in [1.54, 1.807) is 30.3 Å². The van der Waals surface area contributed by atoms with Crippen LogP contribution in [-0.2, 0) is 19.1 Å². The molecule has 3 rings (SSSR count). The van der Waals surface area contributed by atoms with Gasteiger partial charge in [-0.3, -0.25) is 4.90 Å². The highest BCUT2D eigenvalue weighted by Crippen LogP contribution is 2.45. The zero-order valence-corrected chi connectivity index (χ0v) is 17.6. The highest BCUT2D eigenvalue weighted by atomic mass is 19.1. The summed E-state index contributed by atoms with van der Waals surface area (Å²) in [6, 6.07) is 14.2. The van der Waals surface area contributed by atoms with Gasteiger partial charge in [0.05, 0.1) is 50.2 Å². The van der Waals surface area contributed by atoms with Crippen molar-refractivity contribution in [3.05, 3.63) is 82.6 Å². The van der Waals surface area contributed by atoms with Crippen LogP contribution in [0.5, 0.6) is 5.75 Å². The average molecular weight is 437 g/mol. The third kappa shape index (κ3) is 3.74. The van der Waals surface area contributed by atoms with E-state index in [1.165, 1.54) is 13.2 Å². The van der Waals surface area contributed by atoms with Gasteiger partial charge < -0.3 is 19.9 Å². The second kappa shape index (κ2) is 9.22. The molecule has 164 valence electrons. The Labute approximate surface area is 183 Å². The van der Waals surface area contributed by atoms with E-state index in [0.29, 0.717) is 5.56 Å². The van der Waals surface area contributed by atoms with Crippen molar-refractivity contribution in [2.75, 3.05) is 26.2 Å². The molecule has 2 aromatic carbocycles. The predicted molar refractivity (Wildman–Crippen MR) is 112 cm³/mol. The van der Waals surface area contributed by atoms with E-state index in [-0.39, 0.29) is 34.1 Å². The highest BCUT2D eigenvalue weighted by molar-refractivity contribution is 6.06. The van der Waals surface area contributed by atoms with Crippen molar-refractivity contribution >= 4 is 17.6 Å². The summed E-state index contributed by atoms with van der Waals surface area (Å²) < 4.78 is 29.4. The first-order valence-corrected chi connectivity index (χ1v) is 9.38. The van der Waals surface area contributed by atoms with Gasteiger partial charge in [0.15, 0.2) is 0 Å². The normalized spacial score (nSPS) is 15.8. The lowest BCUT2D eigenvalue weighted by atomic mass is 9.81. The average Bonchev–Trinajstić information content (AvgIpc) is 2.82. The summed E-state index contributed by atoms with van der Waals surface area (Å²) in [5.74, 6) is -3.51. The Bertz CT molecular complexity index is 1170. The first-order valence-electron chi connectivity index (χ1n) is 9.38. The first-order chi connectivity index (χ1) is 15.4. The Kier molecular flexibility index (Phi) is 6.45. The summed E-state index contributed by atoms with van der Waals surface area (Å²) in [6.07, 6.45) is 0. The maximum absolute atomic E-state index is 14.2. The van der Waals surface area contributed by atoms with Gasteiger partial charge in [-0.2, -0.15) is 5.26 Å². The largest absolute Gasteiger partial charge is 0.495 e. The molecule has 0 aliphatic carbocycles. The summed E-state index contributed by atoms with van der Waals surface area (Å²) in [4.78, 5) is 27.0. The van der Waals surface area contributed by atoms with Crippen LogP contribution >= 0.6 is 0 Å². The number of allylic oxidation sites excluding steroid dienone is 1. The molecule has 1 heterocycles. The molecule has 0 radical (unpaired) electrons. The van der Waals surface area contributed by atoms with E-state index in [2.05, 4.69) is 0 Å². The van der Waals surface area contributed by atoms with E-state index in [1.807, 2.05) is 6.07 Å². The molecule has 0 saturated heterocycles. The fourth-order valence-corrected chi connectivity index (χ4v) is 3.60. The van der Waals surface area contributed by atoms with Crippen molar-refractivity contribution in [1.29, 1.82) is 5.26 Å². The van der Waals surface area contributed by atoms with Gasteiger partial charge in [0, 0.05) is 6.07 Å². The molecule has 0 amide bonds. The molecule has 8 nitrogen and oxygen atoms in total. The first kappa shape index (κ1) is 22.4. The van der Waals surface area contributed by atoms with Crippen molar-refractivity contribution in [3.63, 3.8) is 0 Å². The minimum absolute atomic E-state index is 0.00562. The van der Waals surface area contributed by atoms with Crippen molar-refractivity contribution < 1.29 is 28.2 Å². The molecule has 2 N–H and O–H groups in total. The highest BCUT2D eigenvalue weighted by Gasteiger charge is 2.43. The number of nitrogens with zero attached hydrogens (tertiary/aromatic N) is 2. The number of anilines is 1. The SMILES string of the molecule is COC(=O)C1=C(C(=O)OC)N(c2cc(F)ccc2OC)C(N)=C(C#N)C1c1ccccc1. The number of esters is 2. The quantitative estimate of drug-likeness (QED) is 0.710. The summed E-state index contributed by atoms with van der Waals surface area (Å²) >= 11 is 0. The van der Waals surface area contributed by atoms with Gasteiger partial charge in [0.1, 0.15) is 23.1 Å². The van der Waals surface area contributed by atoms with E-state index in [0.717, 1.165) is 31.3 Å². The topological polar surface area (TPSA) is 115 Å². The van der Waals surface area contributed by atoms with Gasteiger partial charge >= 0.3 is 11.9 Å². The van der Waals surface area contributed by atoms with E-state index >= 15 is 0 Å². The molecule has 0 aromatic heterocycles. The molecular weight excluding hydrogens is 417 g/mol. The minimum atomic E-state index is -1.02. The number of hydrogen-bond acceptors (Lipinski definition) is 8. The molecule has 0 saturated carbocycles. The molecule has 1 aliphatic rings. The summed E-state index contributed by atoms with van der Waals surface area (Å²) in [5.41, 5.74) is 6.38. The minimum Gasteiger partial charge on any atom is -0.495 e. The number of nitriles is 1. The van der Waals surface area contributed by atoms with Crippen LogP contribution < -0.4 is 15.4 Å². The number of carbonyl (C=O) groups is 2. The smallest absolute Gasteiger partial charge is 0.355 e. The van der Waals surface area contributed by atoms with Crippen molar-refractivity contribution in [2.45, 2.75) is 5.92 Å². The van der Waals surface area contributed by atoms with Crippen molar-refractivity contribution in [3.8, 4) is 11.8 Å². The second-order valence-corrected chi connectivity index (χ2v) is 6.65. The summed E-state index contributed by atoms with van der Waals surface area (Å²) in [5, 5.41) is 9.98. The summed E-state index contributed by atoms with van der Waals surface area (Å²) in [6.45, 7) is 0. The Morgan fingerprint density at radius 3 is 2.28 bits per heavy atom. The van der Waals surface area contributed by atoms with Gasteiger partial charge in [0.2, 0.25) is 0 Å². The lowest BCUT2D eigenvalue weighted by Gasteiger charge is -2.36. The fourth-order valence-electron chi connectivity index (χ4n) is 3.60. The molecule has 0 spiro atoms. The number of rotatable bonds is 5. The van der Waals surface area contributed by atoms with Crippen LogP contribution in [-0.4, -0.2) is 33.3 Å². The zero-order chi connectivity index (χ0) is 23.4. The molecule has 1 aliphatic heterocycles. The third-order valence-corrected chi connectivity index (χ3v) is 4.99. The Hall–Kier alpha value is -4.32. The lowest BCUT2D eigenvalue weighted by Crippen LogP contribution is -2.41. The Morgan fingerprint density at radius 2 is 1.72 bits per heavy atom. The number of carbonyl (C=O) groups excluding carboxylic acids is 2. The fraction of sp³-hybridized carbons (Fsp3) is 0.174.